The van der Waals surface area contributed by atoms with Crippen molar-refractivity contribution in [3.63, 3.8) is 0 Å². The van der Waals surface area contributed by atoms with Gasteiger partial charge in [-0.3, -0.25) is 0 Å². The fourth-order valence-corrected chi connectivity index (χ4v) is 2.86. The van der Waals surface area contributed by atoms with E-state index in [1.807, 2.05) is 24.3 Å². The molecule has 1 aliphatic rings. The van der Waals surface area contributed by atoms with Crippen LogP contribution in [-0.2, 0) is 6.61 Å². The molecule has 0 aliphatic carbocycles. The average molecular weight is 325 g/mol. The minimum absolute atomic E-state index is 0.476. The number of hydrogen-bond donors (Lipinski definition) is 0. The number of halogens is 1. The maximum Gasteiger partial charge on any atom is 0.271 e. The Kier molecular flexibility index (Phi) is 4.57. The van der Waals surface area contributed by atoms with Gasteiger partial charge in [-0.15, -0.1) is 4.37 Å². The van der Waals surface area contributed by atoms with E-state index in [0.29, 0.717) is 12.5 Å². The van der Waals surface area contributed by atoms with Gasteiger partial charge in [0.2, 0.25) is 5.82 Å². The number of hydrogen-bond acceptors (Lipinski definition) is 6. The van der Waals surface area contributed by atoms with Gasteiger partial charge in [0.15, 0.2) is 0 Å². The highest BCUT2D eigenvalue weighted by Gasteiger charge is 2.21. The Hall–Kier alpha value is -1.37. The lowest BCUT2D eigenvalue weighted by atomic mass is 10.2. The van der Waals surface area contributed by atoms with Crippen molar-refractivity contribution in [3.8, 4) is 5.88 Å². The molecule has 0 spiro atoms. The molecule has 1 saturated heterocycles. The summed E-state index contributed by atoms with van der Waals surface area (Å²) in [6, 6.07) is 7.64. The van der Waals surface area contributed by atoms with Crippen LogP contribution in [0.1, 0.15) is 5.56 Å². The number of piperazine rings is 1. The smallest absolute Gasteiger partial charge is 0.271 e. The van der Waals surface area contributed by atoms with Crippen molar-refractivity contribution >= 4 is 29.1 Å². The molecule has 0 bridgehead atoms. The second-order valence-corrected chi connectivity index (χ2v) is 6.06. The fraction of sp³-hybridized carbons (Fsp3) is 0.429. The Balaban J connectivity index is 1.64. The molecule has 2 aromatic rings. The van der Waals surface area contributed by atoms with Crippen LogP contribution in [0.4, 0.5) is 5.82 Å². The zero-order valence-electron chi connectivity index (χ0n) is 11.8. The highest BCUT2D eigenvalue weighted by Crippen LogP contribution is 2.27. The summed E-state index contributed by atoms with van der Waals surface area (Å²) in [7, 11) is 2.13. The molecule has 3 rings (SSSR count). The molecular weight excluding hydrogens is 308 g/mol. The van der Waals surface area contributed by atoms with Crippen LogP contribution in [0.3, 0.4) is 0 Å². The molecule has 112 valence electrons. The number of nitrogens with zero attached hydrogens (tertiary/aromatic N) is 4. The lowest BCUT2D eigenvalue weighted by Crippen LogP contribution is -2.44. The van der Waals surface area contributed by atoms with E-state index in [-0.39, 0.29) is 0 Å². The van der Waals surface area contributed by atoms with Gasteiger partial charge in [-0.05, 0) is 24.7 Å². The molecule has 1 fully saturated rings. The quantitative estimate of drug-likeness (QED) is 0.864. The van der Waals surface area contributed by atoms with Crippen molar-refractivity contribution in [3.05, 3.63) is 34.9 Å². The molecule has 1 aromatic carbocycles. The molecule has 7 heteroatoms. The summed E-state index contributed by atoms with van der Waals surface area (Å²) in [5, 5.41) is 0.729. The van der Waals surface area contributed by atoms with E-state index in [4.69, 9.17) is 16.3 Å². The summed E-state index contributed by atoms with van der Waals surface area (Å²) in [6.07, 6.45) is 0. The van der Waals surface area contributed by atoms with Gasteiger partial charge in [0.05, 0.1) is 11.7 Å². The predicted molar refractivity (Wildman–Crippen MR) is 85.4 cm³/mol. The molecule has 0 N–H and O–H groups in total. The summed E-state index contributed by atoms with van der Waals surface area (Å²) in [4.78, 5) is 4.55. The van der Waals surface area contributed by atoms with Crippen LogP contribution in [0.25, 0.3) is 0 Å². The Morgan fingerprint density at radius 3 is 2.57 bits per heavy atom. The van der Waals surface area contributed by atoms with Gasteiger partial charge in [0, 0.05) is 31.2 Å². The predicted octanol–water partition coefficient (Wildman–Crippen LogP) is 2.52. The Bertz CT molecular complexity index is 581. The molecule has 1 aliphatic heterocycles. The first-order chi connectivity index (χ1) is 10.2. The van der Waals surface area contributed by atoms with Crippen LogP contribution in [0.15, 0.2) is 24.3 Å². The topological polar surface area (TPSA) is 41.5 Å². The number of likely N-dealkylation sites (N-methyl/N-ethyl adjacent to an activating group) is 1. The van der Waals surface area contributed by atoms with Crippen LogP contribution in [0.5, 0.6) is 5.88 Å². The summed E-state index contributed by atoms with van der Waals surface area (Å²) in [6.45, 7) is 4.46. The molecule has 2 heterocycles. The molecule has 0 radical (unpaired) electrons. The average Bonchev–Trinajstić information content (AvgIpc) is 2.96. The molecule has 0 amide bonds. The van der Waals surface area contributed by atoms with Gasteiger partial charge in [-0.1, -0.05) is 23.7 Å². The molecule has 0 unspecified atom stereocenters. The van der Waals surface area contributed by atoms with Crippen molar-refractivity contribution in [1.82, 2.24) is 13.6 Å². The van der Waals surface area contributed by atoms with Crippen LogP contribution in [0, 0.1) is 0 Å². The Labute approximate surface area is 133 Å². The van der Waals surface area contributed by atoms with Crippen molar-refractivity contribution in [2.45, 2.75) is 6.61 Å². The first-order valence-corrected chi connectivity index (χ1v) is 7.96. The van der Waals surface area contributed by atoms with Crippen LogP contribution in [-0.4, -0.2) is 46.9 Å². The molecule has 5 nitrogen and oxygen atoms in total. The maximum absolute atomic E-state index is 5.88. The minimum atomic E-state index is 0.476. The van der Waals surface area contributed by atoms with E-state index in [2.05, 4.69) is 25.6 Å². The van der Waals surface area contributed by atoms with E-state index < -0.39 is 0 Å². The second kappa shape index (κ2) is 6.60. The van der Waals surface area contributed by atoms with E-state index in [9.17, 15) is 0 Å². The second-order valence-electron chi connectivity index (χ2n) is 5.10. The molecule has 0 atom stereocenters. The van der Waals surface area contributed by atoms with Crippen LogP contribution in [0.2, 0.25) is 5.02 Å². The lowest BCUT2D eigenvalue weighted by Gasteiger charge is -2.32. The summed E-state index contributed by atoms with van der Waals surface area (Å²) >= 11 is 7.07. The zero-order chi connectivity index (χ0) is 14.7. The van der Waals surface area contributed by atoms with Crippen molar-refractivity contribution in [1.29, 1.82) is 0 Å². The normalized spacial score (nSPS) is 16.2. The van der Waals surface area contributed by atoms with Crippen molar-refractivity contribution < 1.29 is 4.74 Å². The van der Waals surface area contributed by atoms with E-state index in [1.165, 1.54) is 11.7 Å². The van der Waals surface area contributed by atoms with Gasteiger partial charge in [0.1, 0.15) is 6.61 Å². The van der Waals surface area contributed by atoms with Crippen molar-refractivity contribution in [2.24, 2.45) is 0 Å². The lowest BCUT2D eigenvalue weighted by molar-refractivity contribution is 0.289. The number of benzene rings is 1. The van der Waals surface area contributed by atoms with Gasteiger partial charge in [-0.25, -0.2) is 0 Å². The third-order valence-electron chi connectivity index (χ3n) is 3.53. The number of anilines is 1. The first kappa shape index (κ1) is 14.6. The molecule has 0 saturated carbocycles. The van der Waals surface area contributed by atoms with Crippen LogP contribution < -0.4 is 9.64 Å². The van der Waals surface area contributed by atoms with Gasteiger partial charge in [-0.2, -0.15) is 4.37 Å². The minimum Gasteiger partial charge on any atom is -0.470 e. The maximum atomic E-state index is 5.88. The molecule has 1 aromatic heterocycles. The first-order valence-electron chi connectivity index (χ1n) is 6.85. The zero-order valence-corrected chi connectivity index (χ0v) is 13.4. The molecular formula is C14H17ClN4OS. The van der Waals surface area contributed by atoms with Gasteiger partial charge in [0.25, 0.3) is 5.88 Å². The van der Waals surface area contributed by atoms with E-state index in [0.717, 1.165) is 42.6 Å². The third kappa shape index (κ3) is 3.64. The summed E-state index contributed by atoms with van der Waals surface area (Å²) < 4.78 is 14.5. The summed E-state index contributed by atoms with van der Waals surface area (Å²) in [5.41, 5.74) is 1.07. The van der Waals surface area contributed by atoms with Gasteiger partial charge < -0.3 is 14.5 Å². The van der Waals surface area contributed by atoms with Gasteiger partial charge >= 0.3 is 0 Å². The number of aromatic nitrogens is 2. The monoisotopic (exact) mass is 324 g/mol. The Morgan fingerprint density at radius 1 is 1.14 bits per heavy atom. The van der Waals surface area contributed by atoms with Crippen LogP contribution >= 0.6 is 23.3 Å². The Morgan fingerprint density at radius 2 is 1.86 bits per heavy atom. The van der Waals surface area contributed by atoms with E-state index in [1.54, 1.807) is 0 Å². The number of ether oxygens (including phenoxy) is 1. The highest BCUT2D eigenvalue weighted by atomic mass is 35.5. The largest absolute Gasteiger partial charge is 0.470 e. The van der Waals surface area contributed by atoms with Crippen molar-refractivity contribution in [2.75, 3.05) is 38.1 Å². The number of rotatable bonds is 4. The molecule has 21 heavy (non-hydrogen) atoms. The fourth-order valence-electron chi connectivity index (χ4n) is 2.21. The SMILES string of the molecule is CN1CCN(c2nsnc2OCc2ccc(Cl)cc2)CC1. The third-order valence-corrected chi connectivity index (χ3v) is 4.29. The van der Waals surface area contributed by atoms with E-state index >= 15 is 0 Å². The standard InChI is InChI=1S/C14H17ClN4OS/c1-18-6-8-19(9-7-18)13-14(17-21-16-13)20-10-11-2-4-12(15)5-3-11/h2-5H,6-10H2,1H3. The highest BCUT2D eigenvalue weighted by molar-refractivity contribution is 6.99. The summed E-state index contributed by atoms with van der Waals surface area (Å²) in [5.74, 6) is 1.49.